The van der Waals surface area contributed by atoms with Crippen molar-refractivity contribution >= 4 is 5.91 Å². The van der Waals surface area contributed by atoms with Crippen molar-refractivity contribution < 1.29 is 18.3 Å². The average Bonchev–Trinajstić information content (AvgIpc) is 2.64. The fraction of sp³-hybridized carbons (Fsp3) is 0.389. The minimum Gasteiger partial charge on any atom is -0.370 e. The number of hydrogen-bond donors (Lipinski definition) is 1. The Labute approximate surface area is 144 Å². The minimum absolute atomic E-state index is 0.0218. The molecule has 1 aliphatic rings. The van der Waals surface area contributed by atoms with Crippen molar-refractivity contribution in [2.45, 2.75) is 38.3 Å². The number of hydrogen-bond acceptors (Lipinski definition) is 4. The predicted molar refractivity (Wildman–Crippen MR) is 86.5 cm³/mol. The molecule has 1 aromatic carbocycles. The molecule has 7 heteroatoms. The molecule has 1 saturated heterocycles. The highest BCUT2D eigenvalue weighted by molar-refractivity contribution is 5.78. The zero-order valence-corrected chi connectivity index (χ0v) is 13.7. The van der Waals surface area contributed by atoms with Gasteiger partial charge in [0.15, 0.2) is 17.5 Å². The first-order valence-electron chi connectivity index (χ1n) is 8.25. The van der Waals surface area contributed by atoms with E-state index < -0.39 is 11.6 Å². The molecule has 1 fully saturated rings. The third-order valence-corrected chi connectivity index (χ3v) is 4.03. The zero-order chi connectivity index (χ0) is 17.6. The van der Waals surface area contributed by atoms with Gasteiger partial charge in [0.25, 0.3) is 0 Å². The van der Waals surface area contributed by atoms with Crippen LogP contribution in [0.2, 0.25) is 0 Å². The molecule has 1 amide bonds. The van der Waals surface area contributed by atoms with Crippen LogP contribution in [0, 0.1) is 11.6 Å². The molecule has 0 bridgehead atoms. The molecule has 1 N–H and O–H groups in total. The Bertz CT molecular complexity index is 732. The number of rotatable bonds is 5. The van der Waals surface area contributed by atoms with Crippen LogP contribution in [-0.2, 0) is 22.5 Å². The molecule has 1 aromatic heterocycles. The van der Waals surface area contributed by atoms with Crippen LogP contribution in [0.25, 0.3) is 0 Å². The van der Waals surface area contributed by atoms with Crippen molar-refractivity contribution in [3.8, 4) is 0 Å². The van der Waals surface area contributed by atoms with Gasteiger partial charge in [0, 0.05) is 31.1 Å². The molecule has 0 aliphatic carbocycles. The monoisotopic (exact) mass is 347 g/mol. The van der Waals surface area contributed by atoms with E-state index in [1.165, 1.54) is 6.07 Å². The first kappa shape index (κ1) is 17.4. The largest absolute Gasteiger partial charge is 0.370 e. The van der Waals surface area contributed by atoms with Crippen molar-refractivity contribution in [1.29, 1.82) is 0 Å². The maximum Gasteiger partial charge on any atom is 0.224 e. The van der Waals surface area contributed by atoms with Crippen LogP contribution in [0.15, 0.2) is 30.6 Å². The summed E-state index contributed by atoms with van der Waals surface area (Å²) in [5.41, 5.74) is 1.18. The Morgan fingerprint density at radius 2 is 1.96 bits per heavy atom. The summed E-state index contributed by atoms with van der Waals surface area (Å²) in [4.78, 5) is 20.5. The lowest BCUT2D eigenvalue weighted by Gasteiger charge is -2.21. The second-order valence-electron chi connectivity index (χ2n) is 6.01. The molecular formula is C18H19F2N3O2. The zero-order valence-electron chi connectivity index (χ0n) is 13.7. The van der Waals surface area contributed by atoms with Gasteiger partial charge in [-0.3, -0.25) is 4.79 Å². The lowest BCUT2D eigenvalue weighted by molar-refractivity contribution is -0.120. The van der Waals surface area contributed by atoms with Gasteiger partial charge in [-0.05, 0) is 37.0 Å². The van der Waals surface area contributed by atoms with E-state index in [4.69, 9.17) is 4.74 Å². The van der Waals surface area contributed by atoms with E-state index in [9.17, 15) is 13.6 Å². The van der Waals surface area contributed by atoms with Gasteiger partial charge in [-0.1, -0.05) is 6.07 Å². The van der Waals surface area contributed by atoms with E-state index in [2.05, 4.69) is 15.3 Å². The van der Waals surface area contributed by atoms with E-state index in [0.29, 0.717) is 11.4 Å². The smallest absolute Gasteiger partial charge is 0.224 e. The summed E-state index contributed by atoms with van der Waals surface area (Å²) in [5, 5.41) is 2.71. The number of carbonyl (C=O) groups is 1. The second-order valence-corrected chi connectivity index (χ2v) is 6.01. The Kier molecular flexibility index (Phi) is 5.65. The molecule has 2 aromatic rings. The van der Waals surface area contributed by atoms with Crippen LogP contribution in [0.1, 0.15) is 42.3 Å². The number of nitrogens with zero attached hydrogens (tertiary/aromatic N) is 2. The van der Waals surface area contributed by atoms with E-state index in [1.54, 1.807) is 12.4 Å². The van der Waals surface area contributed by atoms with Gasteiger partial charge in [-0.2, -0.15) is 0 Å². The summed E-state index contributed by atoms with van der Waals surface area (Å²) in [7, 11) is 0. The van der Waals surface area contributed by atoms with Crippen LogP contribution in [0.5, 0.6) is 0 Å². The summed E-state index contributed by atoms with van der Waals surface area (Å²) in [6.45, 7) is 1.00. The van der Waals surface area contributed by atoms with Gasteiger partial charge < -0.3 is 10.1 Å². The highest BCUT2D eigenvalue weighted by atomic mass is 19.2. The molecular weight excluding hydrogens is 328 g/mol. The Balaban J connectivity index is 1.50. The van der Waals surface area contributed by atoms with Gasteiger partial charge in [-0.15, -0.1) is 0 Å². The van der Waals surface area contributed by atoms with Crippen molar-refractivity contribution in [2.24, 2.45) is 0 Å². The summed E-state index contributed by atoms with van der Waals surface area (Å²) >= 11 is 0. The van der Waals surface area contributed by atoms with Crippen molar-refractivity contribution in [3.05, 3.63) is 59.2 Å². The standard InChI is InChI=1S/C18H19F2N3O2/c19-14-5-4-12(7-15(14)20)8-17(24)21-9-13-10-22-18(23-11-13)16-3-1-2-6-25-16/h4-5,7,10-11,16H,1-3,6,8-9H2,(H,21,24)/t16-/m1/s1. The van der Waals surface area contributed by atoms with Crippen LogP contribution >= 0.6 is 0 Å². The fourth-order valence-corrected chi connectivity index (χ4v) is 2.66. The maximum absolute atomic E-state index is 13.1. The fourth-order valence-electron chi connectivity index (χ4n) is 2.66. The minimum atomic E-state index is -0.959. The molecule has 0 saturated carbocycles. The van der Waals surface area contributed by atoms with Gasteiger partial charge in [0.2, 0.25) is 5.91 Å². The number of amides is 1. The summed E-state index contributed by atoms with van der Waals surface area (Å²) in [6.07, 6.45) is 6.35. The lowest BCUT2D eigenvalue weighted by Crippen LogP contribution is -2.25. The molecule has 3 rings (SSSR count). The molecule has 0 spiro atoms. The summed E-state index contributed by atoms with van der Waals surface area (Å²) in [5.74, 6) is -1.51. The first-order valence-corrected chi connectivity index (χ1v) is 8.25. The molecule has 5 nitrogen and oxygen atoms in total. The quantitative estimate of drug-likeness (QED) is 0.903. The molecule has 25 heavy (non-hydrogen) atoms. The summed E-state index contributed by atoms with van der Waals surface area (Å²) in [6, 6.07) is 3.43. The van der Waals surface area contributed by atoms with Crippen LogP contribution in [-0.4, -0.2) is 22.5 Å². The second kappa shape index (κ2) is 8.11. The van der Waals surface area contributed by atoms with Gasteiger partial charge in [0.1, 0.15) is 6.10 Å². The van der Waals surface area contributed by atoms with E-state index in [-0.39, 0.29) is 25.0 Å². The number of carbonyl (C=O) groups excluding carboxylic acids is 1. The average molecular weight is 347 g/mol. The van der Waals surface area contributed by atoms with Crippen molar-refractivity contribution in [1.82, 2.24) is 15.3 Å². The number of nitrogens with one attached hydrogen (secondary N) is 1. The van der Waals surface area contributed by atoms with E-state index in [0.717, 1.165) is 43.6 Å². The number of halogens is 2. The van der Waals surface area contributed by atoms with Gasteiger partial charge >= 0.3 is 0 Å². The van der Waals surface area contributed by atoms with Gasteiger partial charge in [0.05, 0.1) is 6.42 Å². The Hall–Kier alpha value is -2.41. The van der Waals surface area contributed by atoms with Crippen LogP contribution in [0.3, 0.4) is 0 Å². The van der Waals surface area contributed by atoms with E-state index in [1.807, 2.05) is 0 Å². The number of benzene rings is 1. The highest BCUT2D eigenvalue weighted by Gasteiger charge is 2.18. The number of ether oxygens (including phenoxy) is 1. The van der Waals surface area contributed by atoms with Crippen molar-refractivity contribution in [3.63, 3.8) is 0 Å². The molecule has 0 unspecified atom stereocenters. The lowest BCUT2D eigenvalue weighted by atomic mass is 10.1. The topological polar surface area (TPSA) is 64.1 Å². The third-order valence-electron chi connectivity index (χ3n) is 4.03. The normalized spacial score (nSPS) is 17.3. The molecule has 2 heterocycles. The number of aromatic nitrogens is 2. The maximum atomic E-state index is 13.1. The van der Waals surface area contributed by atoms with E-state index >= 15 is 0 Å². The predicted octanol–water partition coefficient (Wildman–Crippen LogP) is 2.86. The SMILES string of the molecule is O=C(Cc1ccc(F)c(F)c1)NCc1cnc([C@H]2CCCCO2)nc1. The van der Waals surface area contributed by atoms with Crippen molar-refractivity contribution in [2.75, 3.05) is 6.61 Å². The van der Waals surface area contributed by atoms with Crippen LogP contribution in [0.4, 0.5) is 8.78 Å². The van der Waals surface area contributed by atoms with Gasteiger partial charge in [-0.25, -0.2) is 18.7 Å². The first-order chi connectivity index (χ1) is 12.1. The molecule has 0 radical (unpaired) electrons. The molecule has 132 valence electrons. The Morgan fingerprint density at radius 1 is 1.16 bits per heavy atom. The molecule has 1 atom stereocenters. The highest BCUT2D eigenvalue weighted by Crippen LogP contribution is 2.24. The van der Waals surface area contributed by atoms with Crippen LogP contribution < -0.4 is 5.32 Å². The Morgan fingerprint density at radius 3 is 2.64 bits per heavy atom. The molecule has 1 aliphatic heterocycles. The third kappa shape index (κ3) is 4.79. The summed E-state index contributed by atoms with van der Waals surface area (Å²) < 4.78 is 31.6.